The Bertz CT molecular complexity index is 433. The normalized spacial score (nSPS) is 23.1. The molecule has 2 atom stereocenters. The molecule has 0 radical (unpaired) electrons. The van der Waals surface area contributed by atoms with Crippen molar-refractivity contribution in [3.05, 3.63) is 11.1 Å². The Balaban J connectivity index is 1.84. The summed E-state index contributed by atoms with van der Waals surface area (Å²) in [6.45, 7) is 4.58. The van der Waals surface area contributed by atoms with E-state index in [-0.39, 0.29) is 12.4 Å². The topological polar surface area (TPSA) is 51.2 Å². The molecular formula is C15H24N2O2S. The van der Waals surface area contributed by atoms with E-state index < -0.39 is 0 Å². The highest BCUT2D eigenvalue weighted by Crippen LogP contribution is 2.26. The number of carbonyl (C=O) groups is 1. The summed E-state index contributed by atoms with van der Waals surface area (Å²) in [6.07, 6.45) is 6.63. The summed E-state index contributed by atoms with van der Waals surface area (Å²) in [4.78, 5) is 15.9. The Morgan fingerprint density at radius 3 is 3.10 bits per heavy atom. The molecule has 1 aliphatic rings. The van der Waals surface area contributed by atoms with Gasteiger partial charge in [-0.1, -0.05) is 19.8 Å². The van der Waals surface area contributed by atoms with Crippen LogP contribution in [-0.2, 0) is 16.0 Å². The van der Waals surface area contributed by atoms with Crippen molar-refractivity contribution in [2.24, 2.45) is 5.92 Å². The van der Waals surface area contributed by atoms with E-state index in [1.54, 1.807) is 11.3 Å². The van der Waals surface area contributed by atoms with Crippen LogP contribution in [0, 0.1) is 5.92 Å². The van der Waals surface area contributed by atoms with E-state index in [4.69, 9.17) is 4.74 Å². The lowest BCUT2D eigenvalue weighted by molar-refractivity contribution is -0.142. The van der Waals surface area contributed by atoms with Crippen molar-refractivity contribution in [1.82, 2.24) is 4.98 Å². The SMILES string of the molecule is CCOC(=O)Cc1csc(NC2CCCC(C)CC2)n1. The van der Waals surface area contributed by atoms with Gasteiger partial charge >= 0.3 is 5.97 Å². The van der Waals surface area contributed by atoms with E-state index in [1.807, 2.05) is 12.3 Å². The lowest BCUT2D eigenvalue weighted by Crippen LogP contribution is -2.18. The second-order valence-corrected chi connectivity index (χ2v) is 6.44. The third kappa shape index (κ3) is 4.78. The summed E-state index contributed by atoms with van der Waals surface area (Å²) in [5.74, 6) is 0.644. The molecule has 0 amide bonds. The molecular weight excluding hydrogens is 272 g/mol. The van der Waals surface area contributed by atoms with E-state index in [0.717, 1.165) is 16.7 Å². The number of thiazole rings is 1. The molecule has 0 saturated heterocycles. The maximum Gasteiger partial charge on any atom is 0.311 e. The molecule has 0 aliphatic heterocycles. The predicted octanol–water partition coefficient (Wildman–Crippen LogP) is 3.63. The quantitative estimate of drug-likeness (QED) is 0.666. The highest BCUT2D eigenvalue weighted by atomic mass is 32.1. The van der Waals surface area contributed by atoms with Crippen LogP contribution in [-0.4, -0.2) is 23.6 Å². The van der Waals surface area contributed by atoms with Gasteiger partial charge in [0.1, 0.15) is 0 Å². The van der Waals surface area contributed by atoms with Gasteiger partial charge in [0.15, 0.2) is 5.13 Å². The summed E-state index contributed by atoms with van der Waals surface area (Å²) in [5, 5.41) is 6.40. The molecule has 1 heterocycles. The Morgan fingerprint density at radius 2 is 2.30 bits per heavy atom. The number of nitrogens with one attached hydrogen (secondary N) is 1. The van der Waals surface area contributed by atoms with Crippen LogP contribution < -0.4 is 5.32 Å². The summed E-state index contributed by atoms with van der Waals surface area (Å²) in [7, 11) is 0. The van der Waals surface area contributed by atoms with Crippen molar-refractivity contribution < 1.29 is 9.53 Å². The van der Waals surface area contributed by atoms with Gasteiger partial charge in [0.05, 0.1) is 18.7 Å². The van der Waals surface area contributed by atoms with Gasteiger partial charge in [0.2, 0.25) is 0 Å². The average molecular weight is 296 g/mol. The molecule has 1 saturated carbocycles. The fourth-order valence-corrected chi connectivity index (χ4v) is 3.41. The summed E-state index contributed by atoms with van der Waals surface area (Å²) in [5.41, 5.74) is 0.804. The number of hydrogen-bond donors (Lipinski definition) is 1. The van der Waals surface area contributed by atoms with Crippen molar-refractivity contribution >= 4 is 22.4 Å². The van der Waals surface area contributed by atoms with Crippen LogP contribution in [0.5, 0.6) is 0 Å². The number of aromatic nitrogens is 1. The van der Waals surface area contributed by atoms with Gasteiger partial charge in [-0.15, -0.1) is 11.3 Å². The first kappa shape index (κ1) is 15.3. The number of nitrogens with zero attached hydrogens (tertiary/aromatic N) is 1. The minimum Gasteiger partial charge on any atom is -0.466 e. The lowest BCUT2D eigenvalue weighted by atomic mass is 10.0. The largest absolute Gasteiger partial charge is 0.466 e. The minimum atomic E-state index is -0.201. The van der Waals surface area contributed by atoms with Crippen molar-refractivity contribution in [2.75, 3.05) is 11.9 Å². The van der Waals surface area contributed by atoms with Gasteiger partial charge < -0.3 is 10.1 Å². The Morgan fingerprint density at radius 1 is 1.45 bits per heavy atom. The van der Waals surface area contributed by atoms with Crippen LogP contribution in [0.25, 0.3) is 0 Å². The van der Waals surface area contributed by atoms with Crippen LogP contribution in [0.4, 0.5) is 5.13 Å². The maximum atomic E-state index is 11.4. The fourth-order valence-electron chi connectivity index (χ4n) is 2.62. The number of anilines is 1. The molecule has 2 unspecified atom stereocenters. The van der Waals surface area contributed by atoms with Gasteiger partial charge in [0, 0.05) is 11.4 Å². The summed E-state index contributed by atoms with van der Waals surface area (Å²) >= 11 is 1.58. The van der Waals surface area contributed by atoms with E-state index in [9.17, 15) is 4.79 Å². The third-order valence-electron chi connectivity index (χ3n) is 3.77. The van der Waals surface area contributed by atoms with Crippen LogP contribution >= 0.6 is 11.3 Å². The second kappa shape index (κ2) is 7.62. The first-order chi connectivity index (χ1) is 9.67. The predicted molar refractivity (Wildman–Crippen MR) is 82.1 cm³/mol. The van der Waals surface area contributed by atoms with Crippen LogP contribution in [0.1, 0.15) is 51.6 Å². The molecule has 112 valence electrons. The van der Waals surface area contributed by atoms with Gasteiger partial charge in [-0.05, 0) is 32.1 Å². The molecule has 1 aromatic heterocycles. The molecule has 1 N–H and O–H groups in total. The highest BCUT2D eigenvalue weighted by molar-refractivity contribution is 7.13. The standard InChI is InChI=1S/C15H24N2O2S/c1-3-19-14(18)9-13-10-20-15(17-13)16-12-6-4-5-11(2)7-8-12/h10-12H,3-9H2,1-2H3,(H,16,17). The molecule has 2 rings (SSSR count). The molecule has 0 bridgehead atoms. The fraction of sp³-hybridized carbons (Fsp3) is 0.733. The van der Waals surface area contributed by atoms with E-state index in [1.165, 1.54) is 32.1 Å². The van der Waals surface area contributed by atoms with Crippen molar-refractivity contribution in [2.45, 2.75) is 58.4 Å². The molecule has 1 aliphatic carbocycles. The third-order valence-corrected chi connectivity index (χ3v) is 4.59. The maximum absolute atomic E-state index is 11.4. The molecule has 5 heteroatoms. The van der Waals surface area contributed by atoms with E-state index in [0.29, 0.717) is 12.6 Å². The molecule has 1 fully saturated rings. The summed E-state index contributed by atoms with van der Waals surface area (Å²) in [6, 6.07) is 0.529. The number of esters is 1. The van der Waals surface area contributed by atoms with E-state index in [2.05, 4.69) is 17.2 Å². The zero-order valence-corrected chi connectivity index (χ0v) is 13.2. The van der Waals surface area contributed by atoms with Gasteiger partial charge in [-0.3, -0.25) is 4.79 Å². The van der Waals surface area contributed by atoms with Gasteiger partial charge in [0.25, 0.3) is 0 Å². The molecule has 0 aromatic carbocycles. The van der Waals surface area contributed by atoms with Crippen LogP contribution in [0.15, 0.2) is 5.38 Å². The lowest BCUT2D eigenvalue weighted by Gasteiger charge is -2.15. The van der Waals surface area contributed by atoms with Crippen molar-refractivity contribution in [1.29, 1.82) is 0 Å². The molecule has 20 heavy (non-hydrogen) atoms. The van der Waals surface area contributed by atoms with Crippen molar-refractivity contribution in [3.63, 3.8) is 0 Å². The smallest absolute Gasteiger partial charge is 0.311 e. The van der Waals surface area contributed by atoms with E-state index >= 15 is 0 Å². The molecule has 4 nitrogen and oxygen atoms in total. The minimum absolute atomic E-state index is 0.201. The number of carbonyl (C=O) groups excluding carboxylic acids is 1. The first-order valence-corrected chi connectivity index (χ1v) is 8.42. The number of ether oxygens (including phenoxy) is 1. The average Bonchev–Trinajstić information content (AvgIpc) is 2.72. The number of rotatable bonds is 5. The monoisotopic (exact) mass is 296 g/mol. The zero-order valence-electron chi connectivity index (χ0n) is 12.4. The molecule has 0 spiro atoms. The van der Waals surface area contributed by atoms with Gasteiger partial charge in [-0.2, -0.15) is 0 Å². The van der Waals surface area contributed by atoms with Crippen LogP contribution in [0.3, 0.4) is 0 Å². The Hall–Kier alpha value is -1.10. The van der Waals surface area contributed by atoms with Crippen LogP contribution in [0.2, 0.25) is 0 Å². The second-order valence-electron chi connectivity index (χ2n) is 5.58. The summed E-state index contributed by atoms with van der Waals surface area (Å²) < 4.78 is 4.94. The number of hydrogen-bond acceptors (Lipinski definition) is 5. The highest BCUT2D eigenvalue weighted by Gasteiger charge is 2.17. The Labute approximate surface area is 124 Å². The van der Waals surface area contributed by atoms with Gasteiger partial charge in [-0.25, -0.2) is 4.98 Å². The molecule has 1 aromatic rings. The van der Waals surface area contributed by atoms with Crippen molar-refractivity contribution in [3.8, 4) is 0 Å². The zero-order chi connectivity index (χ0) is 14.4. The first-order valence-electron chi connectivity index (χ1n) is 7.54. The Kier molecular flexibility index (Phi) is 5.83.